The molecule has 1 aromatic rings. The van der Waals surface area contributed by atoms with E-state index in [1.807, 2.05) is 0 Å². The minimum Gasteiger partial charge on any atom is -0.480 e. The Morgan fingerprint density at radius 3 is 2.88 bits per heavy atom. The molecule has 3 N–H and O–H groups in total. The van der Waals surface area contributed by atoms with Gasteiger partial charge in [0.15, 0.2) is 5.82 Å². The van der Waals surface area contributed by atoms with E-state index < -0.39 is 18.0 Å². The van der Waals surface area contributed by atoms with E-state index in [4.69, 9.17) is 10.8 Å². The minimum absolute atomic E-state index is 0.110. The van der Waals surface area contributed by atoms with Crippen LogP contribution in [0.25, 0.3) is 0 Å². The van der Waals surface area contributed by atoms with Gasteiger partial charge in [-0.05, 0) is 16.8 Å². The Balaban J connectivity index is 2.57. The highest BCUT2D eigenvalue weighted by atomic mass is 16.5. The first-order chi connectivity index (χ1) is 8.04. The van der Waals surface area contributed by atoms with Gasteiger partial charge in [-0.15, -0.1) is 5.10 Å². The third kappa shape index (κ3) is 3.79. The van der Waals surface area contributed by atoms with E-state index in [1.54, 1.807) is 0 Å². The molecule has 0 aliphatic heterocycles. The number of hydrogen-bond acceptors (Lipinski definition) is 7. The fourth-order valence-electron chi connectivity index (χ4n) is 1.12. The summed E-state index contributed by atoms with van der Waals surface area (Å²) in [6, 6.07) is -0.974. The van der Waals surface area contributed by atoms with Crippen molar-refractivity contribution in [2.75, 3.05) is 7.11 Å². The largest absolute Gasteiger partial charge is 0.480 e. The van der Waals surface area contributed by atoms with Crippen LogP contribution in [0.2, 0.25) is 0 Å². The SMILES string of the molecule is COC(=O)Cn1nnnc1CC[C@H](N)C(=O)O. The first-order valence-electron chi connectivity index (χ1n) is 4.85. The maximum Gasteiger partial charge on any atom is 0.327 e. The standard InChI is InChI=1S/C8H13N5O4/c1-17-7(14)4-13-6(10-11-12-13)3-2-5(9)8(15)16/h5H,2-4,9H2,1H3,(H,15,16)/t5-/m0/s1. The number of ether oxygens (including phenoxy) is 1. The summed E-state index contributed by atoms with van der Waals surface area (Å²) in [6.07, 6.45) is 0.467. The van der Waals surface area contributed by atoms with Gasteiger partial charge in [0.1, 0.15) is 12.6 Å². The zero-order valence-corrected chi connectivity index (χ0v) is 9.24. The summed E-state index contributed by atoms with van der Waals surface area (Å²) in [6.45, 7) is -0.110. The van der Waals surface area contributed by atoms with E-state index in [1.165, 1.54) is 11.8 Å². The number of hydrogen-bond donors (Lipinski definition) is 2. The second-order valence-electron chi connectivity index (χ2n) is 3.31. The van der Waals surface area contributed by atoms with E-state index in [0.717, 1.165) is 0 Å². The lowest BCUT2D eigenvalue weighted by molar-refractivity contribution is -0.142. The average molecular weight is 243 g/mol. The van der Waals surface area contributed by atoms with Gasteiger partial charge in [0.25, 0.3) is 0 Å². The molecule has 0 saturated heterocycles. The molecule has 1 heterocycles. The van der Waals surface area contributed by atoms with Gasteiger partial charge in [-0.2, -0.15) is 0 Å². The number of nitrogens with zero attached hydrogens (tertiary/aromatic N) is 4. The van der Waals surface area contributed by atoms with Crippen LogP contribution < -0.4 is 5.73 Å². The molecule has 9 nitrogen and oxygen atoms in total. The first-order valence-corrected chi connectivity index (χ1v) is 4.85. The van der Waals surface area contributed by atoms with Crippen molar-refractivity contribution in [3.63, 3.8) is 0 Å². The molecular formula is C8H13N5O4. The molecule has 0 aliphatic rings. The second-order valence-corrected chi connectivity index (χ2v) is 3.31. The van der Waals surface area contributed by atoms with Crippen molar-refractivity contribution in [1.82, 2.24) is 20.2 Å². The summed E-state index contributed by atoms with van der Waals surface area (Å²) >= 11 is 0. The van der Waals surface area contributed by atoms with Crippen LogP contribution in [0, 0.1) is 0 Å². The average Bonchev–Trinajstić information content (AvgIpc) is 2.72. The molecule has 0 amide bonds. The number of carbonyl (C=O) groups is 2. The number of aliphatic carboxylic acids is 1. The molecule has 17 heavy (non-hydrogen) atoms. The fourth-order valence-corrected chi connectivity index (χ4v) is 1.12. The predicted molar refractivity (Wildman–Crippen MR) is 53.8 cm³/mol. The van der Waals surface area contributed by atoms with Crippen molar-refractivity contribution in [3.05, 3.63) is 5.82 Å². The molecule has 0 spiro atoms. The number of carboxylic acids is 1. The summed E-state index contributed by atoms with van der Waals surface area (Å²) in [4.78, 5) is 21.5. The number of nitrogens with two attached hydrogens (primary N) is 1. The highest BCUT2D eigenvalue weighted by molar-refractivity contribution is 5.73. The quantitative estimate of drug-likeness (QED) is 0.558. The zero-order chi connectivity index (χ0) is 12.8. The maximum absolute atomic E-state index is 11.0. The van der Waals surface area contributed by atoms with Crippen molar-refractivity contribution < 1.29 is 19.4 Å². The van der Waals surface area contributed by atoms with Crippen molar-refractivity contribution >= 4 is 11.9 Å². The van der Waals surface area contributed by atoms with Crippen LogP contribution in [0.1, 0.15) is 12.2 Å². The molecule has 1 aromatic heterocycles. The number of esters is 1. The molecule has 9 heteroatoms. The van der Waals surface area contributed by atoms with Gasteiger partial charge in [-0.3, -0.25) is 9.59 Å². The van der Waals surface area contributed by atoms with E-state index >= 15 is 0 Å². The van der Waals surface area contributed by atoms with Gasteiger partial charge in [-0.25, -0.2) is 4.68 Å². The smallest absolute Gasteiger partial charge is 0.327 e. The van der Waals surface area contributed by atoms with Crippen LogP contribution in [0.15, 0.2) is 0 Å². The number of carboxylic acid groups (broad SMARTS) is 1. The summed E-state index contributed by atoms with van der Waals surface area (Å²) in [5.41, 5.74) is 5.34. The van der Waals surface area contributed by atoms with Gasteiger partial charge in [0.05, 0.1) is 7.11 Å². The van der Waals surface area contributed by atoms with E-state index in [9.17, 15) is 9.59 Å². The molecule has 0 unspecified atom stereocenters. The van der Waals surface area contributed by atoms with Crippen LogP contribution in [0.5, 0.6) is 0 Å². The van der Waals surface area contributed by atoms with Crippen molar-refractivity contribution in [1.29, 1.82) is 0 Å². The lowest BCUT2D eigenvalue weighted by Crippen LogP contribution is -2.31. The summed E-state index contributed by atoms with van der Waals surface area (Å²) in [5, 5.41) is 19.3. The molecule has 0 saturated carbocycles. The number of aromatic nitrogens is 4. The lowest BCUT2D eigenvalue weighted by atomic mass is 10.1. The summed E-state index contributed by atoms with van der Waals surface area (Å²) in [7, 11) is 1.26. The highest BCUT2D eigenvalue weighted by Crippen LogP contribution is 2.00. The third-order valence-electron chi connectivity index (χ3n) is 2.11. The molecule has 94 valence electrons. The van der Waals surface area contributed by atoms with Gasteiger partial charge < -0.3 is 15.6 Å². The Hall–Kier alpha value is -2.03. The molecule has 0 aliphatic carbocycles. The first kappa shape index (κ1) is 13.0. The summed E-state index contributed by atoms with van der Waals surface area (Å²) < 4.78 is 5.72. The topological polar surface area (TPSA) is 133 Å². The Labute approximate surface area is 96.5 Å². The number of aryl methyl sites for hydroxylation is 1. The molecule has 0 fully saturated rings. The van der Waals surface area contributed by atoms with E-state index in [2.05, 4.69) is 20.3 Å². The van der Waals surface area contributed by atoms with Crippen molar-refractivity contribution in [2.45, 2.75) is 25.4 Å². The second kappa shape index (κ2) is 5.89. The van der Waals surface area contributed by atoms with E-state index in [-0.39, 0.29) is 19.4 Å². The Bertz CT molecular complexity index is 404. The predicted octanol–water partition coefficient (Wildman–Crippen LogP) is -1.81. The van der Waals surface area contributed by atoms with Crippen LogP contribution >= 0.6 is 0 Å². The monoisotopic (exact) mass is 243 g/mol. The molecular weight excluding hydrogens is 230 g/mol. The van der Waals surface area contributed by atoms with Gasteiger partial charge in [0.2, 0.25) is 0 Å². The fraction of sp³-hybridized carbons (Fsp3) is 0.625. The number of tetrazole rings is 1. The third-order valence-corrected chi connectivity index (χ3v) is 2.11. The van der Waals surface area contributed by atoms with Gasteiger partial charge in [-0.1, -0.05) is 0 Å². The number of carbonyl (C=O) groups excluding carboxylic acids is 1. The Morgan fingerprint density at radius 1 is 1.59 bits per heavy atom. The lowest BCUT2D eigenvalue weighted by Gasteiger charge is -2.06. The minimum atomic E-state index is -1.09. The van der Waals surface area contributed by atoms with Gasteiger partial charge in [0, 0.05) is 6.42 Å². The van der Waals surface area contributed by atoms with Gasteiger partial charge >= 0.3 is 11.9 Å². The summed E-state index contributed by atoms with van der Waals surface area (Å²) in [5.74, 6) is -1.18. The van der Waals surface area contributed by atoms with Crippen molar-refractivity contribution in [3.8, 4) is 0 Å². The molecule has 0 radical (unpaired) electrons. The maximum atomic E-state index is 11.0. The van der Waals surface area contributed by atoms with Crippen LogP contribution in [0.3, 0.4) is 0 Å². The molecule has 0 aromatic carbocycles. The molecule has 1 rings (SSSR count). The number of rotatable bonds is 6. The number of methoxy groups -OCH3 is 1. The van der Waals surface area contributed by atoms with E-state index in [0.29, 0.717) is 5.82 Å². The highest BCUT2D eigenvalue weighted by Gasteiger charge is 2.15. The van der Waals surface area contributed by atoms with Crippen LogP contribution in [0.4, 0.5) is 0 Å². The Morgan fingerprint density at radius 2 is 2.29 bits per heavy atom. The molecule has 1 atom stereocenters. The van der Waals surface area contributed by atoms with Crippen LogP contribution in [-0.4, -0.2) is 50.4 Å². The van der Waals surface area contributed by atoms with Crippen molar-refractivity contribution in [2.24, 2.45) is 5.73 Å². The van der Waals surface area contributed by atoms with Crippen LogP contribution in [-0.2, 0) is 27.3 Å². The normalized spacial score (nSPS) is 12.1. The molecule has 0 bridgehead atoms. The Kier molecular flexibility index (Phi) is 4.52. The zero-order valence-electron chi connectivity index (χ0n) is 9.24.